The zero-order valence-electron chi connectivity index (χ0n) is 18.4. The van der Waals surface area contributed by atoms with E-state index in [4.69, 9.17) is 10.5 Å². The highest BCUT2D eigenvalue weighted by Gasteiger charge is 2.27. The number of fused-ring (bicyclic) bond motifs is 1. The summed E-state index contributed by atoms with van der Waals surface area (Å²) in [5.74, 6) is 1.92. The predicted octanol–water partition coefficient (Wildman–Crippen LogP) is 1.85. The second-order valence-corrected chi connectivity index (χ2v) is 7.62. The molecule has 1 amide bonds. The van der Waals surface area contributed by atoms with Crippen molar-refractivity contribution >= 4 is 35.4 Å². The molecule has 1 aromatic rings. The maximum Gasteiger partial charge on any atom is 0.244 e. The van der Waals surface area contributed by atoms with Crippen LogP contribution < -0.4 is 21.3 Å². The Morgan fingerprint density at radius 2 is 2.16 bits per heavy atom. The molecule has 0 radical (unpaired) electrons. The molecule has 0 aliphatic carbocycles. The first-order chi connectivity index (χ1) is 15.0. The van der Waals surface area contributed by atoms with E-state index in [-0.39, 0.29) is 18.3 Å². The van der Waals surface area contributed by atoms with E-state index in [1.165, 1.54) is 0 Å². The third-order valence-corrected chi connectivity index (χ3v) is 5.03. The SMILES string of the molecule is C=C(N=C/C=C(\C)CN1CC(=O)Nc2c(N)nc(NCCCC)nc21)N1CCOCC1. The van der Waals surface area contributed by atoms with E-state index in [9.17, 15) is 4.79 Å². The monoisotopic (exact) mass is 428 g/mol. The molecule has 3 rings (SSSR count). The lowest BCUT2D eigenvalue weighted by molar-refractivity contribution is -0.115. The van der Waals surface area contributed by atoms with Gasteiger partial charge in [0.05, 0.1) is 19.8 Å². The Kier molecular flexibility index (Phi) is 7.82. The van der Waals surface area contributed by atoms with Crippen LogP contribution in [0, 0.1) is 0 Å². The van der Waals surface area contributed by atoms with Crippen molar-refractivity contribution in [2.45, 2.75) is 26.7 Å². The van der Waals surface area contributed by atoms with Crippen molar-refractivity contribution in [2.75, 3.05) is 67.2 Å². The number of nitrogen functional groups attached to an aromatic ring is 1. The van der Waals surface area contributed by atoms with Crippen molar-refractivity contribution in [3.63, 3.8) is 0 Å². The molecular formula is C21H32N8O2. The van der Waals surface area contributed by atoms with E-state index < -0.39 is 0 Å². The highest BCUT2D eigenvalue weighted by atomic mass is 16.5. The van der Waals surface area contributed by atoms with Crippen LogP contribution in [-0.2, 0) is 9.53 Å². The Bertz CT molecular complexity index is 861. The third-order valence-electron chi connectivity index (χ3n) is 5.03. The van der Waals surface area contributed by atoms with Gasteiger partial charge in [-0.05, 0) is 19.4 Å². The van der Waals surface area contributed by atoms with E-state index in [1.54, 1.807) is 6.21 Å². The molecule has 10 nitrogen and oxygen atoms in total. The molecule has 2 aliphatic rings. The zero-order valence-corrected chi connectivity index (χ0v) is 18.4. The predicted molar refractivity (Wildman–Crippen MR) is 124 cm³/mol. The molecule has 31 heavy (non-hydrogen) atoms. The minimum atomic E-state index is -0.142. The molecule has 1 fully saturated rings. The van der Waals surface area contributed by atoms with Gasteiger partial charge in [0.1, 0.15) is 11.5 Å². The van der Waals surface area contributed by atoms with Crippen LogP contribution in [0.4, 0.5) is 23.3 Å². The molecule has 0 bridgehead atoms. The van der Waals surface area contributed by atoms with E-state index in [1.807, 2.05) is 17.9 Å². The van der Waals surface area contributed by atoms with Gasteiger partial charge >= 0.3 is 0 Å². The molecule has 0 spiro atoms. The molecule has 1 saturated heterocycles. The summed E-state index contributed by atoms with van der Waals surface area (Å²) in [6, 6.07) is 0. The van der Waals surface area contributed by atoms with Gasteiger partial charge in [0.15, 0.2) is 11.6 Å². The maximum absolute atomic E-state index is 12.2. The molecule has 1 aromatic heterocycles. The number of hydrogen-bond acceptors (Lipinski definition) is 9. The van der Waals surface area contributed by atoms with Gasteiger partial charge in [-0.15, -0.1) is 0 Å². The summed E-state index contributed by atoms with van der Waals surface area (Å²) in [5, 5.41) is 5.99. The molecule has 4 N–H and O–H groups in total. The topological polar surface area (TPSA) is 121 Å². The van der Waals surface area contributed by atoms with Gasteiger partial charge < -0.3 is 30.9 Å². The number of carbonyl (C=O) groups excluding carboxylic acids is 1. The van der Waals surface area contributed by atoms with Crippen LogP contribution in [0.3, 0.4) is 0 Å². The second kappa shape index (κ2) is 10.8. The number of allylic oxidation sites excluding steroid dienone is 1. The molecule has 2 aliphatic heterocycles. The van der Waals surface area contributed by atoms with Gasteiger partial charge in [0, 0.05) is 32.4 Å². The maximum atomic E-state index is 12.2. The lowest BCUT2D eigenvalue weighted by atomic mass is 10.2. The van der Waals surface area contributed by atoms with Crippen LogP contribution in [-0.4, -0.2) is 72.9 Å². The Morgan fingerprint density at radius 3 is 2.90 bits per heavy atom. The van der Waals surface area contributed by atoms with Crippen LogP contribution in [0.25, 0.3) is 0 Å². The first-order valence-electron chi connectivity index (χ1n) is 10.7. The minimum Gasteiger partial charge on any atom is -0.382 e. The van der Waals surface area contributed by atoms with Crippen LogP contribution in [0.5, 0.6) is 0 Å². The molecule has 0 unspecified atom stereocenters. The molecule has 0 aromatic carbocycles. The molecule has 168 valence electrons. The number of morpholine rings is 1. The van der Waals surface area contributed by atoms with Gasteiger partial charge in [0.2, 0.25) is 11.9 Å². The number of unbranched alkanes of at least 4 members (excludes halogenated alkanes) is 1. The van der Waals surface area contributed by atoms with Crippen LogP contribution in [0.1, 0.15) is 26.7 Å². The van der Waals surface area contributed by atoms with Gasteiger partial charge in [0.25, 0.3) is 0 Å². The van der Waals surface area contributed by atoms with Gasteiger partial charge in [-0.25, -0.2) is 4.99 Å². The van der Waals surface area contributed by atoms with Crippen molar-refractivity contribution in [2.24, 2.45) is 4.99 Å². The van der Waals surface area contributed by atoms with E-state index in [2.05, 4.69) is 44.0 Å². The van der Waals surface area contributed by atoms with E-state index in [0.29, 0.717) is 37.2 Å². The number of aromatic nitrogens is 2. The summed E-state index contributed by atoms with van der Waals surface area (Å²) >= 11 is 0. The zero-order chi connectivity index (χ0) is 22.2. The van der Waals surface area contributed by atoms with Gasteiger partial charge in [-0.2, -0.15) is 9.97 Å². The van der Waals surface area contributed by atoms with Crippen molar-refractivity contribution in [3.8, 4) is 0 Å². The fourth-order valence-corrected chi connectivity index (χ4v) is 3.34. The second-order valence-electron chi connectivity index (χ2n) is 7.62. The van der Waals surface area contributed by atoms with Gasteiger partial charge in [-0.3, -0.25) is 4.79 Å². The quantitative estimate of drug-likeness (QED) is 0.402. The number of rotatable bonds is 9. The number of ether oxygens (including phenoxy) is 1. The molecule has 3 heterocycles. The summed E-state index contributed by atoms with van der Waals surface area (Å²) in [6.07, 6.45) is 5.74. The first-order valence-corrected chi connectivity index (χ1v) is 10.7. The van der Waals surface area contributed by atoms with Crippen LogP contribution in [0.15, 0.2) is 29.0 Å². The Morgan fingerprint density at radius 1 is 1.39 bits per heavy atom. The highest BCUT2D eigenvalue weighted by molar-refractivity contribution is 6.03. The fraction of sp³-hybridized carbons (Fsp3) is 0.524. The van der Waals surface area contributed by atoms with Crippen molar-refractivity contribution in [3.05, 3.63) is 24.0 Å². The lowest BCUT2D eigenvalue weighted by Crippen LogP contribution is -2.40. The van der Waals surface area contributed by atoms with Gasteiger partial charge in [-0.1, -0.05) is 25.5 Å². The number of hydrogen-bond donors (Lipinski definition) is 3. The average Bonchev–Trinajstić information content (AvgIpc) is 2.75. The number of nitrogens with one attached hydrogen (secondary N) is 2. The number of nitrogens with zero attached hydrogens (tertiary/aromatic N) is 5. The first kappa shape index (κ1) is 22.5. The standard InChI is InChI=1S/C21H32N8O2/c1-4-5-7-24-21-26-19(22)18-20(27-21)29(14-17(30)25-18)13-15(2)6-8-23-16(3)28-9-11-31-12-10-28/h6,8H,3-5,7,9-14H2,1-2H3,(H,25,30)(H3,22,24,26,27)/b15-6+,23-8?. The van der Waals surface area contributed by atoms with Crippen LogP contribution >= 0.6 is 0 Å². The Labute approximate surface area is 183 Å². The normalized spacial score (nSPS) is 17.0. The van der Waals surface area contributed by atoms with E-state index >= 15 is 0 Å². The average molecular weight is 429 g/mol. The fourth-order valence-electron chi connectivity index (χ4n) is 3.34. The lowest BCUT2D eigenvalue weighted by Gasteiger charge is -2.30. The molecule has 10 heteroatoms. The minimum absolute atomic E-state index is 0.142. The molecule has 0 saturated carbocycles. The summed E-state index contributed by atoms with van der Waals surface area (Å²) in [5.41, 5.74) is 7.58. The number of aliphatic imine (C=N–C) groups is 1. The number of nitrogens with two attached hydrogens (primary N) is 1. The van der Waals surface area contributed by atoms with Crippen LogP contribution in [0.2, 0.25) is 0 Å². The van der Waals surface area contributed by atoms with Crippen molar-refractivity contribution in [1.82, 2.24) is 14.9 Å². The third kappa shape index (κ3) is 6.17. The van der Waals surface area contributed by atoms with Crippen molar-refractivity contribution in [1.29, 1.82) is 0 Å². The number of carbonyl (C=O) groups is 1. The largest absolute Gasteiger partial charge is 0.382 e. The smallest absolute Gasteiger partial charge is 0.244 e. The summed E-state index contributed by atoms with van der Waals surface area (Å²) in [7, 11) is 0. The Balaban J connectivity index is 1.69. The van der Waals surface area contributed by atoms with Crippen molar-refractivity contribution < 1.29 is 9.53 Å². The summed E-state index contributed by atoms with van der Waals surface area (Å²) in [6.45, 7) is 12.6. The number of anilines is 4. The number of amides is 1. The molecule has 0 atom stereocenters. The highest BCUT2D eigenvalue weighted by Crippen LogP contribution is 2.33. The summed E-state index contributed by atoms with van der Waals surface area (Å²) in [4.78, 5) is 29.5. The van der Waals surface area contributed by atoms with E-state index in [0.717, 1.165) is 43.9 Å². The molecular weight excluding hydrogens is 396 g/mol. The Hall–Kier alpha value is -3.14. The summed E-state index contributed by atoms with van der Waals surface area (Å²) < 4.78 is 5.35.